The van der Waals surface area contributed by atoms with Gasteiger partial charge in [0.2, 0.25) is 0 Å². The SMILES string of the molecule is O=C(NCCCCCCO)OC1CCNCC1. The van der Waals surface area contributed by atoms with Crippen LogP contribution in [0.3, 0.4) is 0 Å². The van der Waals surface area contributed by atoms with Crippen molar-refractivity contribution in [2.45, 2.75) is 44.6 Å². The molecule has 5 nitrogen and oxygen atoms in total. The van der Waals surface area contributed by atoms with Crippen LogP contribution in [0, 0.1) is 0 Å². The molecule has 0 spiro atoms. The number of piperidine rings is 1. The Bertz CT molecular complexity index is 206. The summed E-state index contributed by atoms with van der Waals surface area (Å²) in [5.74, 6) is 0. The second kappa shape index (κ2) is 9.24. The molecule has 0 saturated carbocycles. The van der Waals surface area contributed by atoms with Crippen LogP contribution in [0.2, 0.25) is 0 Å². The molecule has 0 aliphatic carbocycles. The van der Waals surface area contributed by atoms with Crippen LogP contribution in [0.25, 0.3) is 0 Å². The first-order valence-electron chi connectivity index (χ1n) is 6.59. The normalized spacial score (nSPS) is 16.8. The molecule has 0 aromatic carbocycles. The van der Waals surface area contributed by atoms with E-state index in [1.54, 1.807) is 0 Å². The number of hydrogen-bond acceptors (Lipinski definition) is 4. The van der Waals surface area contributed by atoms with E-state index in [0.717, 1.165) is 51.6 Å². The van der Waals surface area contributed by atoms with Crippen molar-refractivity contribution >= 4 is 6.09 Å². The number of unbranched alkanes of at least 4 members (excludes halogenated alkanes) is 3. The summed E-state index contributed by atoms with van der Waals surface area (Å²) >= 11 is 0. The third kappa shape index (κ3) is 7.18. The molecule has 1 rings (SSSR count). The minimum atomic E-state index is -0.293. The van der Waals surface area contributed by atoms with Crippen LogP contribution in [0.4, 0.5) is 4.79 Å². The van der Waals surface area contributed by atoms with Gasteiger partial charge in [0.1, 0.15) is 6.10 Å². The zero-order valence-corrected chi connectivity index (χ0v) is 10.4. The number of carbonyl (C=O) groups excluding carboxylic acids is 1. The van der Waals surface area contributed by atoms with E-state index >= 15 is 0 Å². The lowest BCUT2D eigenvalue weighted by atomic mass is 10.1. The maximum atomic E-state index is 11.4. The number of aliphatic hydroxyl groups excluding tert-OH is 1. The van der Waals surface area contributed by atoms with E-state index in [2.05, 4.69) is 10.6 Å². The van der Waals surface area contributed by atoms with Crippen molar-refractivity contribution in [3.8, 4) is 0 Å². The number of amides is 1. The Labute approximate surface area is 103 Å². The molecule has 0 bridgehead atoms. The number of carbonyl (C=O) groups is 1. The molecule has 0 atom stereocenters. The second-order valence-corrected chi connectivity index (χ2v) is 4.42. The van der Waals surface area contributed by atoms with Crippen molar-refractivity contribution in [1.29, 1.82) is 0 Å². The Kier molecular flexibility index (Phi) is 7.75. The average molecular weight is 244 g/mol. The van der Waals surface area contributed by atoms with Crippen molar-refractivity contribution in [3.05, 3.63) is 0 Å². The van der Waals surface area contributed by atoms with E-state index < -0.39 is 0 Å². The lowest BCUT2D eigenvalue weighted by Crippen LogP contribution is -2.36. The van der Waals surface area contributed by atoms with E-state index in [4.69, 9.17) is 9.84 Å². The molecule has 1 aliphatic heterocycles. The first-order valence-corrected chi connectivity index (χ1v) is 6.59. The number of hydrogen-bond donors (Lipinski definition) is 3. The number of nitrogens with one attached hydrogen (secondary N) is 2. The maximum Gasteiger partial charge on any atom is 0.407 e. The Hall–Kier alpha value is -0.810. The van der Waals surface area contributed by atoms with Gasteiger partial charge >= 0.3 is 6.09 Å². The lowest BCUT2D eigenvalue weighted by Gasteiger charge is -2.22. The Balaban J connectivity index is 1.93. The Morgan fingerprint density at radius 1 is 1.24 bits per heavy atom. The maximum absolute atomic E-state index is 11.4. The summed E-state index contributed by atoms with van der Waals surface area (Å²) < 4.78 is 5.29. The van der Waals surface area contributed by atoms with Crippen LogP contribution in [-0.2, 0) is 4.74 Å². The van der Waals surface area contributed by atoms with Gasteiger partial charge in [-0.1, -0.05) is 12.8 Å². The van der Waals surface area contributed by atoms with Gasteiger partial charge in [0, 0.05) is 13.2 Å². The summed E-state index contributed by atoms with van der Waals surface area (Å²) in [6.07, 6.45) is 5.44. The molecule has 0 aromatic heterocycles. The average Bonchev–Trinajstić information content (AvgIpc) is 2.35. The minimum Gasteiger partial charge on any atom is -0.446 e. The fourth-order valence-electron chi connectivity index (χ4n) is 1.89. The Morgan fingerprint density at radius 2 is 1.94 bits per heavy atom. The molecule has 1 amide bonds. The number of rotatable bonds is 7. The molecule has 1 heterocycles. The predicted octanol–water partition coefficient (Wildman–Crippen LogP) is 1.02. The summed E-state index contributed by atoms with van der Waals surface area (Å²) in [7, 11) is 0. The molecule has 3 N–H and O–H groups in total. The van der Waals surface area contributed by atoms with E-state index in [0.29, 0.717) is 6.54 Å². The molecule has 1 fully saturated rings. The Morgan fingerprint density at radius 3 is 2.65 bits per heavy atom. The molecular formula is C12H24N2O3. The van der Waals surface area contributed by atoms with Gasteiger partial charge in [-0.05, 0) is 38.8 Å². The summed E-state index contributed by atoms with van der Waals surface area (Å²) in [6, 6.07) is 0. The monoisotopic (exact) mass is 244 g/mol. The van der Waals surface area contributed by atoms with Crippen LogP contribution in [-0.4, -0.2) is 43.5 Å². The zero-order chi connectivity index (χ0) is 12.3. The van der Waals surface area contributed by atoms with Gasteiger partial charge in [0.25, 0.3) is 0 Å². The van der Waals surface area contributed by atoms with Crippen LogP contribution in [0.5, 0.6) is 0 Å². The number of alkyl carbamates (subject to hydrolysis) is 1. The van der Waals surface area contributed by atoms with E-state index in [1.807, 2.05) is 0 Å². The molecule has 1 saturated heterocycles. The third-order valence-corrected chi connectivity index (χ3v) is 2.91. The highest BCUT2D eigenvalue weighted by Crippen LogP contribution is 2.07. The highest BCUT2D eigenvalue weighted by molar-refractivity contribution is 5.67. The van der Waals surface area contributed by atoms with Crippen LogP contribution in [0.1, 0.15) is 38.5 Å². The van der Waals surface area contributed by atoms with Crippen LogP contribution >= 0.6 is 0 Å². The van der Waals surface area contributed by atoms with Gasteiger partial charge in [-0.2, -0.15) is 0 Å². The van der Waals surface area contributed by atoms with Crippen molar-refractivity contribution in [1.82, 2.24) is 10.6 Å². The van der Waals surface area contributed by atoms with Gasteiger partial charge in [-0.3, -0.25) is 0 Å². The van der Waals surface area contributed by atoms with Gasteiger partial charge in [-0.25, -0.2) is 4.79 Å². The van der Waals surface area contributed by atoms with Crippen molar-refractivity contribution < 1.29 is 14.6 Å². The van der Waals surface area contributed by atoms with E-state index in [1.165, 1.54) is 0 Å². The van der Waals surface area contributed by atoms with E-state index in [9.17, 15) is 4.79 Å². The lowest BCUT2D eigenvalue weighted by molar-refractivity contribution is 0.0794. The molecule has 0 aromatic rings. The number of aliphatic hydroxyl groups is 1. The summed E-state index contributed by atoms with van der Waals surface area (Å²) in [5, 5.41) is 14.6. The number of ether oxygens (including phenoxy) is 1. The van der Waals surface area contributed by atoms with Crippen LogP contribution < -0.4 is 10.6 Å². The first kappa shape index (κ1) is 14.3. The molecule has 0 radical (unpaired) electrons. The van der Waals surface area contributed by atoms with Gasteiger partial charge < -0.3 is 20.5 Å². The minimum absolute atomic E-state index is 0.0747. The summed E-state index contributed by atoms with van der Waals surface area (Å²) in [5.41, 5.74) is 0. The summed E-state index contributed by atoms with van der Waals surface area (Å²) in [4.78, 5) is 11.4. The molecular weight excluding hydrogens is 220 g/mol. The fourth-order valence-corrected chi connectivity index (χ4v) is 1.89. The molecule has 1 aliphatic rings. The van der Waals surface area contributed by atoms with Crippen molar-refractivity contribution in [2.75, 3.05) is 26.2 Å². The molecule has 100 valence electrons. The highest BCUT2D eigenvalue weighted by atomic mass is 16.6. The standard InChI is InChI=1S/C12H24N2O3/c15-10-4-2-1-3-7-14-12(16)17-11-5-8-13-9-6-11/h11,13,15H,1-10H2,(H,14,16). The second-order valence-electron chi connectivity index (χ2n) is 4.42. The fraction of sp³-hybridized carbons (Fsp3) is 0.917. The van der Waals surface area contributed by atoms with Crippen LogP contribution in [0.15, 0.2) is 0 Å². The van der Waals surface area contributed by atoms with Crippen molar-refractivity contribution in [2.24, 2.45) is 0 Å². The topological polar surface area (TPSA) is 70.6 Å². The third-order valence-electron chi connectivity index (χ3n) is 2.91. The molecule has 17 heavy (non-hydrogen) atoms. The zero-order valence-electron chi connectivity index (χ0n) is 10.4. The summed E-state index contributed by atoms with van der Waals surface area (Å²) in [6.45, 7) is 2.78. The van der Waals surface area contributed by atoms with Gasteiger partial charge in [0.15, 0.2) is 0 Å². The smallest absolute Gasteiger partial charge is 0.407 e. The molecule has 0 unspecified atom stereocenters. The first-order chi connectivity index (χ1) is 8.33. The van der Waals surface area contributed by atoms with Crippen molar-refractivity contribution in [3.63, 3.8) is 0 Å². The van der Waals surface area contributed by atoms with E-state index in [-0.39, 0.29) is 18.8 Å². The highest BCUT2D eigenvalue weighted by Gasteiger charge is 2.16. The largest absolute Gasteiger partial charge is 0.446 e. The molecule has 5 heteroatoms. The van der Waals surface area contributed by atoms with Gasteiger partial charge in [-0.15, -0.1) is 0 Å². The predicted molar refractivity (Wildman–Crippen MR) is 65.9 cm³/mol. The van der Waals surface area contributed by atoms with Gasteiger partial charge in [0.05, 0.1) is 0 Å². The quantitative estimate of drug-likeness (QED) is 0.585.